The molecule has 0 aliphatic heterocycles. The fourth-order valence-electron chi connectivity index (χ4n) is 0.848. The molecule has 0 fully saturated rings. The van der Waals surface area contributed by atoms with E-state index < -0.39 is 10.3 Å². The second-order valence-corrected chi connectivity index (χ2v) is 4.45. The number of hydrogen-bond donors (Lipinski definition) is 0. The number of hydrogen-bond acceptors (Lipinski definition) is 5. The Hall–Kier alpha value is -0.910. The summed E-state index contributed by atoms with van der Waals surface area (Å²) in [7, 11) is 0. The summed E-state index contributed by atoms with van der Waals surface area (Å²) in [4.78, 5) is 15.4. The standard InChI is InChI=1S/C8H11BrN2O3/c1-4-13-7(12)8(3,9)6-10-5(2)14-11-6/h4H2,1-3H3. The summed E-state index contributed by atoms with van der Waals surface area (Å²) in [6.07, 6.45) is 0. The molecule has 0 saturated carbocycles. The van der Waals surface area contributed by atoms with Crippen LogP contribution in [0.4, 0.5) is 0 Å². The molecule has 1 unspecified atom stereocenters. The molecule has 14 heavy (non-hydrogen) atoms. The van der Waals surface area contributed by atoms with Crippen LogP contribution in [0.3, 0.4) is 0 Å². The fourth-order valence-corrected chi connectivity index (χ4v) is 1.12. The summed E-state index contributed by atoms with van der Waals surface area (Å²) in [5.74, 6) is 0.254. The van der Waals surface area contributed by atoms with Crippen molar-refractivity contribution < 1.29 is 14.1 Å². The van der Waals surface area contributed by atoms with Crippen molar-refractivity contribution >= 4 is 21.9 Å². The van der Waals surface area contributed by atoms with Gasteiger partial charge in [-0.1, -0.05) is 21.1 Å². The van der Waals surface area contributed by atoms with Gasteiger partial charge in [0.1, 0.15) is 0 Å². The first kappa shape index (κ1) is 11.2. The molecule has 0 aromatic carbocycles. The van der Waals surface area contributed by atoms with Crippen molar-refractivity contribution in [1.82, 2.24) is 10.1 Å². The number of rotatable bonds is 3. The zero-order chi connectivity index (χ0) is 10.8. The highest BCUT2D eigenvalue weighted by molar-refractivity contribution is 9.10. The van der Waals surface area contributed by atoms with E-state index >= 15 is 0 Å². The van der Waals surface area contributed by atoms with E-state index in [1.54, 1.807) is 20.8 Å². The number of carbonyl (C=O) groups excluding carboxylic acids is 1. The first-order chi connectivity index (χ1) is 6.48. The van der Waals surface area contributed by atoms with Gasteiger partial charge in [0.05, 0.1) is 6.61 Å². The normalized spacial score (nSPS) is 14.9. The molecule has 0 amide bonds. The number of nitrogens with zero attached hydrogens (tertiary/aromatic N) is 2. The van der Waals surface area contributed by atoms with Crippen molar-refractivity contribution in [2.24, 2.45) is 0 Å². The van der Waals surface area contributed by atoms with Gasteiger partial charge < -0.3 is 9.26 Å². The Kier molecular flexibility index (Phi) is 3.25. The summed E-state index contributed by atoms with van der Waals surface area (Å²) in [6.45, 7) is 5.33. The highest BCUT2D eigenvalue weighted by atomic mass is 79.9. The number of aryl methyl sites for hydroxylation is 1. The molecular weight excluding hydrogens is 252 g/mol. The van der Waals surface area contributed by atoms with Gasteiger partial charge in [0.2, 0.25) is 5.89 Å². The molecule has 1 rings (SSSR count). The van der Waals surface area contributed by atoms with Crippen LogP contribution in [-0.2, 0) is 13.9 Å². The largest absolute Gasteiger partial charge is 0.465 e. The summed E-state index contributed by atoms with van der Waals surface area (Å²) < 4.78 is 8.60. The van der Waals surface area contributed by atoms with E-state index in [0.717, 1.165) is 0 Å². The third kappa shape index (κ3) is 2.12. The number of carbonyl (C=O) groups is 1. The van der Waals surface area contributed by atoms with E-state index in [2.05, 4.69) is 26.1 Å². The lowest BCUT2D eigenvalue weighted by molar-refractivity contribution is -0.145. The minimum Gasteiger partial charge on any atom is -0.465 e. The third-order valence-electron chi connectivity index (χ3n) is 1.61. The summed E-state index contributed by atoms with van der Waals surface area (Å²) in [5.41, 5.74) is 0. The van der Waals surface area contributed by atoms with Crippen molar-refractivity contribution in [2.75, 3.05) is 6.61 Å². The quantitative estimate of drug-likeness (QED) is 0.611. The molecular formula is C8H11BrN2O3. The summed E-state index contributed by atoms with van der Waals surface area (Å²) in [6, 6.07) is 0. The molecule has 0 bridgehead atoms. The number of aromatic nitrogens is 2. The second kappa shape index (κ2) is 4.08. The Labute approximate surface area is 89.9 Å². The van der Waals surface area contributed by atoms with Crippen molar-refractivity contribution in [3.05, 3.63) is 11.7 Å². The molecule has 1 heterocycles. The molecule has 5 nitrogen and oxygen atoms in total. The smallest absolute Gasteiger partial charge is 0.330 e. The molecule has 1 aromatic heterocycles. The maximum absolute atomic E-state index is 11.5. The van der Waals surface area contributed by atoms with Crippen molar-refractivity contribution in [3.63, 3.8) is 0 Å². The summed E-state index contributed by atoms with van der Waals surface area (Å²) >= 11 is 3.21. The van der Waals surface area contributed by atoms with Crippen LogP contribution in [0.25, 0.3) is 0 Å². The highest BCUT2D eigenvalue weighted by Crippen LogP contribution is 2.29. The summed E-state index contributed by atoms with van der Waals surface area (Å²) in [5, 5.41) is 3.66. The fraction of sp³-hybridized carbons (Fsp3) is 0.625. The van der Waals surface area contributed by atoms with E-state index in [0.29, 0.717) is 12.5 Å². The lowest BCUT2D eigenvalue weighted by Crippen LogP contribution is -2.29. The zero-order valence-electron chi connectivity index (χ0n) is 8.20. The lowest BCUT2D eigenvalue weighted by atomic mass is 10.2. The van der Waals surface area contributed by atoms with Gasteiger partial charge in [-0.05, 0) is 13.8 Å². The van der Waals surface area contributed by atoms with Gasteiger partial charge in [-0.25, -0.2) is 0 Å². The van der Waals surface area contributed by atoms with Crippen molar-refractivity contribution in [1.29, 1.82) is 0 Å². The van der Waals surface area contributed by atoms with E-state index in [-0.39, 0.29) is 5.82 Å². The number of halogens is 1. The molecule has 1 aromatic rings. The molecule has 6 heteroatoms. The second-order valence-electron chi connectivity index (χ2n) is 2.86. The van der Waals surface area contributed by atoms with Crippen molar-refractivity contribution in [3.8, 4) is 0 Å². The van der Waals surface area contributed by atoms with E-state index in [1.807, 2.05) is 0 Å². The number of esters is 1. The van der Waals surface area contributed by atoms with Crippen molar-refractivity contribution in [2.45, 2.75) is 25.1 Å². The van der Waals surface area contributed by atoms with Gasteiger partial charge in [0, 0.05) is 6.92 Å². The molecule has 0 radical (unpaired) electrons. The molecule has 0 spiro atoms. The van der Waals surface area contributed by atoms with Gasteiger partial charge in [-0.15, -0.1) is 0 Å². The molecule has 0 aliphatic rings. The van der Waals surface area contributed by atoms with Gasteiger partial charge >= 0.3 is 5.97 Å². The predicted molar refractivity (Wildman–Crippen MR) is 51.9 cm³/mol. The van der Waals surface area contributed by atoms with E-state index in [4.69, 9.17) is 9.26 Å². The van der Waals surface area contributed by atoms with E-state index in [1.165, 1.54) is 0 Å². The number of alkyl halides is 1. The third-order valence-corrected chi connectivity index (χ3v) is 2.28. The van der Waals surface area contributed by atoms with Crippen LogP contribution >= 0.6 is 15.9 Å². The molecule has 0 N–H and O–H groups in total. The van der Waals surface area contributed by atoms with Crippen LogP contribution in [0.15, 0.2) is 4.52 Å². The Balaban J connectivity index is 2.89. The van der Waals surface area contributed by atoms with Crippen LogP contribution < -0.4 is 0 Å². The van der Waals surface area contributed by atoms with Gasteiger partial charge in [-0.3, -0.25) is 4.79 Å². The Morgan fingerprint density at radius 3 is 2.79 bits per heavy atom. The Morgan fingerprint density at radius 1 is 1.71 bits per heavy atom. The first-order valence-corrected chi connectivity index (χ1v) is 4.94. The van der Waals surface area contributed by atoms with Crippen LogP contribution in [0.1, 0.15) is 25.6 Å². The zero-order valence-corrected chi connectivity index (χ0v) is 9.79. The topological polar surface area (TPSA) is 65.2 Å². The first-order valence-electron chi connectivity index (χ1n) is 4.15. The molecule has 0 saturated heterocycles. The Morgan fingerprint density at radius 2 is 2.36 bits per heavy atom. The monoisotopic (exact) mass is 262 g/mol. The van der Waals surface area contributed by atoms with Crippen LogP contribution in [-0.4, -0.2) is 22.7 Å². The molecule has 78 valence electrons. The predicted octanol–water partition coefficient (Wildman–Crippen LogP) is 1.55. The van der Waals surface area contributed by atoms with Crippen LogP contribution in [0.5, 0.6) is 0 Å². The number of ether oxygens (including phenoxy) is 1. The van der Waals surface area contributed by atoms with E-state index in [9.17, 15) is 4.79 Å². The Bertz CT molecular complexity index is 335. The highest BCUT2D eigenvalue weighted by Gasteiger charge is 2.38. The van der Waals surface area contributed by atoms with Gasteiger partial charge in [0.15, 0.2) is 10.1 Å². The maximum atomic E-state index is 11.5. The van der Waals surface area contributed by atoms with Crippen LogP contribution in [0.2, 0.25) is 0 Å². The average molecular weight is 263 g/mol. The van der Waals surface area contributed by atoms with Crippen LogP contribution in [0, 0.1) is 6.92 Å². The minimum atomic E-state index is -1.04. The lowest BCUT2D eigenvalue weighted by Gasteiger charge is -2.15. The maximum Gasteiger partial charge on any atom is 0.330 e. The SMILES string of the molecule is CCOC(=O)C(C)(Br)c1noc(C)n1. The average Bonchev–Trinajstić information content (AvgIpc) is 2.52. The molecule has 0 aliphatic carbocycles. The van der Waals surface area contributed by atoms with Gasteiger partial charge in [-0.2, -0.15) is 4.98 Å². The van der Waals surface area contributed by atoms with Gasteiger partial charge in [0.25, 0.3) is 0 Å². The molecule has 1 atom stereocenters. The minimum absolute atomic E-state index is 0.272.